The number of methoxy groups -OCH3 is 1. The van der Waals surface area contributed by atoms with Crippen LogP contribution in [0.25, 0.3) is 0 Å². The Hall–Kier alpha value is -2.55. The first-order valence-corrected chi connectivity index (χ1v) is 8.52. The molecule has 2 aromatic rings. The van der Waals surface area contributed by atoms with Gasteiger partial charge in [0.25, 0.3) is 5.91 Å². The van der Waals surface area contributed by atoms with Crippen molar-refractivity contribution in [2.24, 2.45) is 7.05 Å². The Kier molecular flexibility index (Phi) is 5.41. The normalized spacial score (nSPS) is 17.4. The molecule has 0 aliphatic carbocycles. The molecule has 0 radical (unpaired) electrons. The van der Waals surface area contributed by atoms with Gasteiger partial charge in [-0.2, -0.15) is 18.3 Å². The summed E-state index contributed by atoms with van der Waals surface area (Å²) in [5.74, 6) is -0.227. The van der Waals surface area contributed by atoms with Gasteiger partial charge in [0.15, 0.2) is 0 Å². The van der Waals surface area contributed by atoms with E-state index in [1.807, 2.05) is 4.90 Å². The first-order valence-electron chi connectivity index (χ1n) is 8.52. The molecule has 6 nitrogen and oxygen atoms in total. The fraction of sp³-hybridized carbons (Fsp3) is 0.444. The fourth-order valence-electron chi connectivity index (χ4n) is 3.20. The molecule has 1 aliphatic rings. The summed E-state index contributed by atoms with van der Waals surface area (Å²) in [6.45, 7) is 1.44. The van der Waals surface area contributed by atoms with Crippen LogP contribution in [-0.2, 0) is 24.6 Å². The molecule has 0 saturated carbocycles. The number of nitrogens with one attached hydrogen (secondary N) is 1. The zero-order chi connectivity index (χ0) is 19.6. The highest BCUT2D eigenvalue weighted by Gasteiger charge is 2.31. The molecule has 9 heteroatoms. The molecule has 1 aromatic carbocycles. The average Bonchev–Trinajstić information content (AvgIpc) is 3.21. The van der Waals surface area contributed by atoms with Crippen molar-refractivity contribution in [3.63, 3.8) is 0 Å². The molecule has 2 heterocycles. The molecular formula is C18H21F3N4O2. The van der Waals surface area contributed by atoms with Gasteiger partial charge in [0.1, 0.15) is 5.69 Å². The van der Waals surface area contributed by atoms with Crippen LogP contribution < -0.4 is 10.2 Å². The van der Waals surface area contributed by atoms with E-state index in [9.17, 15) is 18.0 Å². The van der Waals surface area contributed by atoms with E-state index in [-0.39, 0.29) is 18.6 Å². The average molecular weight is 382 g/mol. The van der Waals surface area contributed by atoms with E-state index in [1.54, 1.807) is 17.9 Å². The third-order valence-corrected chi connectivity index (χ3v) is 4.51. The van der Waals surface area contributed by atoms with Gasteiger partial charge >= 0.3 is 6.18 Å². The lowest BCUT2D eigenvalue weighted by molar-refractivity contribution is -0.137. The molecule has 27 heavy (non-hydrogen) atoms. The standard InChI is InChI=1S/C18H21F3N4O2/c1-24-10-15(16(23-24)11-27-2)17(26)22-13-7-8-25(9-13)14-5-3-12(4-6-14)18(19,20)21/h3-6,10,13H,7-9,11H2,1-2H3,(H,22,26). The largest absolute Gasteiger partial charge is 0.416 e. The van der Waals surface area contributed by atoms with Crippen LogP contribution in [0.1, 0.15) is 28.0 Å². The minimum Gasteiger partial charge on any atom is -0.378 e. The van der Waals surface area contributed by atoms with Gasteiger partial charge in [0.05, 0.1) is 17.7 Å². The van der Waals surface area contributed by atoms with Crippen LogP contribution in [0, 0.1) is 0 Å². The molecule has 1 aromatic heterocycles. The molecule has 1 fully saturated rings. The molecular weight excluding hydrogens is 361 g/mol. The zero-order valence-electron chi connectivity index (χ0n) is 15.1. The Morgan fingerprint density at radius 3 is 2.67 bits per heavy atom. The van der Waals surface area contributed by atoms with Crippen LogP contribution in [-0.4, -0.2) is 41.9 Å². The minimum atomic E-state index is -4.34. The van der Waals surface area contributed by atoms with E-state index < -0.39 is 11.7 Å². The van der Waals surface area contributed by atoms with Crippen LogP contribution in [0.3, 0.4) is 0 Å². The molecule has 1 N–H and O–H groups in total. The van der Waals surface area contributed by atoms with E-state index in [2.05, 4.69) is 10.4 Å². The number of nitrogens with zero attached hydrogens (tertiary/aromatic N) is 3. The highest BCUT2D eigenvalue weighted by atomic mass is 19.4. The minimum absolute atomic E-state index is 0.0876. The number of rotatable bonds is 5. The Morgan fingerprint density at radius 1 is 1.33 bits per heavy atom. The van der Waals surface area contributed by atoms with Gasteiger partial charge in [-0.15, -0.1) is 0 Å². The lowest BCUT2D eigenvalue weighted by Gasteiger charge is -2.19. The second kappa shape index (κ2) is 7.59. The van der Waals surface area contributed by atoms with E-state index in [0.717, 1.165) is 12.1 Å². The third-order valence-electron chi connectivity index (χ3n) is 4.51. The molecule has 0 bridgehead atoms. The van der Waals surface area contributed by atoms with Crippen molar-refractivity contribution in [3.8, 4) is 0 Å². The summed E-state index contributed by atoms with van der Waals surface area (Å²) in [5, 5.41) is 7.19. The maximum Gasteiger partial charge on any atom is 0.416 e. The first kappa shape index (κ1) is 19.2. The number of alkyl halides is 3. The van der Waals surface area contributed by atoms with Gasteiger partial charge in [-0.25, -0.2) is 0 Å². The number of anilines is 1. The summed E-state index contributed by atoms with van der Waals surface area (Å²) in [6.07, 6.45) is -1.98. The smallest absolute Gasteiger partial charge is 0.378 e. The molecule has 146 valence electrons. The van der Waals surface area contributed by atoms with E-state index >= 15 is 0 Å². The maximum atomic E-state index is 12.7. The van der Waals surface area contributed by atoms with Crippen molar-refractivity contribution in [1.29, 1.82) is 0 Å². The fourth-order valence-corrected chi connectivity index (χ4v) is 3.20. The Morgan fingerprint density at radius 2 is 2.04 bits per heavy atom. The number of carbonyl (C=O) groups excluding carboxylic acids is 1. The van der Waals surface area contributed by atoms with Crippen molar-refractivity contribution < 1.29 is 22.7 Å². The molecule has 1 amide bonds. The summed E-state index contributed by atoms with van der Waals surface area (Å²) < 4.78 is 44.7. The summed E-state index contributed by atoms with van der Waals surface area (Å²) in [4.78, 5) is 14.5. The van der Waals surface area contributed by atoms with Crippen molar-refractivity contribution >= 4 is 11.6 Å². The van der Waals surface area contributed by atoms with E-state index in [0.29, 0.717) is 36.5 Å². The quantitative estimate of drug-likeness (QED) is 0.864. The van der Waals surface area contributed by atoms with Crippen molar-refractivity contribution in [1.82, 2.24) is 15.1 Å². The van der Waals surface area contributed by atoms with Gasteiger partial charge in [-0.05, 0) is 30.7 Å². The summed E-state index contributed by atoms with van der Waals surface area (Å²) in [6, 6.07) is 4.99. The van der Waals surface area contributed by atoms with Crippen LogP contribution in [0.2, 0.25) is 0 Å². The first-order chi connectivity index (χ1) is 12.8. The van der Waals surface area contributed by atoms with Gasteiger partial charge in [0.2, 0.25) is 0 Å². The van der Waals surface area contributed by atoms with Gasteiger partial charge < -0.3 is 15.0 Å². The van der Waals surface area contributed by atoms with Crippen LogP contribution in [0.5, 0.6) is 0 Å². The maximum absolute atomic E-state index is 12.7. The number of ether oxygens (including phenoxy) is 1. The Bertz CT molecular complexity index is 802. The highest BCUT2D eigenvalue weighted by Crippen LogP contribution is 2.31. The predicted molar refractivity (Wildman–Crippen MR) is 93.4 cm³/mol. The number of halogens is 3. The second-order valence-electron chi connectivity index (χ2n) is 6.55. The van der Waals surface area contributed by atoms with Gasteiger partial charge in [-0.3, -0.25) is 9.48 Å². The zero-order valence-corrected chi connectivity index (χ0v) is 15.1. The lowest BCUT2D eigenvalue weighted by Crippen LogP contribution is -2.37. The number of hydrogen-bond acceptors (Lipinski definition) is 4. The third kappa shape index (κ3) is 4.41. The van der Waals surface area contributed by atoms with Crippen LogP contribution in [0.4, 0.5) is 18.9 Å². The van der Waals surface area contributed by atoms with Crippen LogP contribution >= 0.6 is 0 Å². The van der Waals surface area contributed by atoms with Gasteiger partial charge in [-0.1, -0.05) is 0 Å². The topological polar surface area (TPSA) is 59.4 Å². The SMILES string of the molecule is COCc1nn(C)cc1C(=O)NC1CCN(c2ccc(C(F)(F)F)cc2)C1. The molecule has 1 saturated heterocycles. The van der Waals surface area contributed by atoms with Crippen molar-refractivity contribution in [2.45, 2.75) is 25.2 Å². The number of amides is 1. The molecule has 1 aliphatic heterocycles. The number of hydrogen-bond donors (Lipinski definition) is 1. The Balaban J connectivity index is 1.62. The van der Waals surface area contributed by atoms with E-state index in [1.165, 1.54) is 19.2 Å². The molecule has 1 atom stereocenters. The monoisotopic (exact) mass is 382 g/mol. The summed E-state index contributed by atoms with van der Waals surface area (Å²) >= 11 is 0. The van der Waals surface area contributed by atoms with Crippen molar-refractivity contribution in [3.05, 3.63) is 47.3 Å². The second-order valence-corrected chi connectivity index (χ2v) is 6.55. The predicted octanol–water partition coefficient (Wildman–Crippen LogP) is 2.59. The summed E-state index contributed by atoms with van der Waals surface area (Å²) in [7, 11) is 3.27. The summed E-state index contributed by atoms with van der Waals surface area (Å²) in [5.41, 5.74) is 1.07. The Labute approximate surface area is 154 Å². The number of carbonyl (C=O) groups is 1. The molecule has 0 spiro atoms. The van der Waals surface area contributed by atoms with E-state index in [4.69, 9.17) is 4.74 Å². The van der Waals surface area contributed by atoms with Gasteiger partial charge in [0, 0.05) is 45.2 Å². The molecule has 1 unspecified atom stereocenters. The van der Waals surface area contributed by atoms with Crippen molar-refractivity contribution in [2.75, 3.05) is 25.1 Å². The number of benzene rings is 1. The highest BCUT2D eigenvalue weighted by molar-refractivity contribution is 5.95. The number of aryl methyl sites for hydroxylation is 1. The molecule has 3 rings (SSSR count). The van der Waals surface area contributed by atoms with Crippen LogP contribution in [0.15, 0.2) is 30.5 Å². The number of aromatic nitrogens is 2. The lowest BCUT2D eigenvalue weighted by atomic mass is 10.2.